The molecule has 2 atom stereocenters. The van der Waals surface area contributed by atoms with Crippen LogP contribution < -0.4 is 0 Å². The van der Waals surface area contributed by atoms with Gasteiger partial charge in [0, 0.05) is 27.4 Å². The fourth-order valence-electron chi connectivity index (χ4n) is 4.34. The molecule has 31 heavy (non-hydrogen) atoms. The number of hydrogen-bond acceptors (Lipinski definition) is 3. The maximum Gasteiger partial charge on any atom is 0.127 e. The van der Waals surface area contributed by atoms with Crippen molar-refractivity contribution in [2.75, 3.05) is 0 Å². The first kappa shape index (κ1) is 24.6. The lowest BCUT2D eigenvalue weighted by molar-refractivity contribution is 0.472. The lowest BCUT2D eigenvalue weighted by Gasteiger charge is -2.25. The van der Waals surface area contributed by atoms with E-state index in [9.17, 15) is 5.11 Å². The SMILES string of the molecule is CC(C)c1cc(-c2cccc(CSC3CCCCCCC3S)c2O)cc(C(C)(C)C)c1. The third-order valence-corrected chi connectivity index (χ3v) is 8.83. The highest BCUT2D eigenvalue weighted by atomic mass is 32.2. The Morgan fingerprint density at radius 2 is 1.74 bits per heavy atom. The van der Waals surface area contributed by atoms with Crippen LogP contribution in [0.15, 0.2) is 36.4 Å². The van der Waals surface area contributed by atoms with Crippen molar-refractivity contribution in [1.29, 1.82) is 0 Å². The summed E-state index contributed by atoms with van der Waals surface area (Å²) in [6.45, 7) is 11.2. The summed E-state index contributed by atoms with van der Waals surface area (Å²) in [4.78, 5) is 0. The Balaban J connectivity index is 1.87. The van der Waals surface area contributed by atoms with Gasteiger partial charge in [0.05, 0.1) is 0 Å². The van der Waals surface area contributed by atoms with E-state index in [1.165, 1.54) is 49.7 Å². The first-order valence-electron chi connectivity index (χ1n) is 11.9. The van der Waals surface area contributed by atoms with Gasteiger partial charge >= 0.3 is 0 Å². The van der Waals surface area contributed by atoms with Crippen LogP contribution in [0.2, 0.25) is 0 Å². The highest BCUT2D eigenvalue weighted by Crippen LogP contribution is 2.39. The molecule has 0 amide bonds. The van der Waals surface area contributed by atoms with Gasteiger partial charge in [-0.1, -0.05) is 96.7 Å². The van der Waals surface area contributed by atoms with Gasteiger partial charge in [0.1, 0.15) is 5.75 Å². The summed E-state index contributed by atoms with van der Waals surface area (Å²) in [5.41, 5.74) is 5.83. The van der Waals surface area contributed by atoms with Crippen LogP contribution in [0, 0.1) is 0 Å². The second kappa shape index (κ2) is 10.7. The van der Waals surface area contributed by atoms with E-state index in [2.05, 4.69) is 71.0 Å². The number of rotatable bonds is 5. The van der Waals surface area contributed by atoms with E-state index in [0.717, 1.165) is 22.4 Å². The molecule has 1 fully saturated rings. The highest BCUT2D eigenvalue weighted by Gasteiger charge is 2.22. The minimum absolute atomic E-state index is 0.0719. The number of phenols is 1. The Morgan fingerprint density at radius 3 is 2.42 bits per heavy atom. The van der Waals surface area contributed by atoms with Crippen LogP contribution >= 0.6 is 24.4 Å². The smallest absolute Gasteiger partial charge is 0.127 e. The van der Waals surface area contributed by atoms with E-state index >= 15 is 0 Å². The molecule has 0 aromatic heterocycles. The molecule has 1 aliphatic rings. The van der Waals surface area contributed by atoms with Crippen LogP contribution in [0.4, 0.5) is 0 Å². The van der Waals surface area contributed by atoms with Crippen LogP contribution in [0.25, 0.3) is 11.1 Å². The average Bonchev–Trinajstić information content (AvgIpc) is 2.70. The fourth-order valence-corrected chi connectivity index (χ4v) is 6.24. The molecule has 170 valence electrons. The number of thioether (sulfide) groups is 1. The van der Waals surface area contributed by atoms with Gasteiger partial charge in [0.25, 0.3) is 0 Å². The minimum atomic E-state index is 0.0719. The van der Waals surface area contributed by atoms with Gasteiger partial charge in [-0.3, -0.25) is 0 Å². The molecule has 0 bridgehead atoms. The Morgan fingerprint density at radius 1 is 1.03 bits per heavy atom. The number of benzene rings is 2. The molecular formula is C28H40OS2. The predicted molar refractivity (Wildman–Crippen MR) is 142 cm³/mol. The zero-order valence-corrected chi connectivity index (χ0v) is 21.7. The third kappa shape index (κ3) is 6.48. The summed E-state index contributed by atoms with van der Waals surface area (Å²) in [6, 6.07) is 13.1. The summed E-state index contributed by atoms with van der Waals surface area (Å²) < 4.78 is 0. The lowest BCUT2D eigenvalue weighted by atomic mass is 9.82. The maximum absolute atomic E-state index is 11.2. The van der Waals surface area contributed by atoms with Gasteiger partial charge in [-0.05, 0) is 40.9 Å². The average molecular weight is 457 g/mol. The van der Waals surface area contributed by atoms with Crippen molar-refractivity contribution < 1.29 is 5.11 Å². The summed E-state index contributed by atoms with van der Waals surface area (Å²) in [6.07, 6.45) is 7.76. The zero-order chi connectivity index (χ0) is 22.6. The third-order valence-electron chi connectivity index (χ3n) is 6.54. The monoisotopic (exact) mass is 456 g/mol. The largest absolute Gasteiger partial charge is 0.507 e. The molecule has 0 spiro atoms. The van der Waals surface area contributed by atoms with Gasteiger partial charge in [0.2, 0.25) is 0 Å². The zero-order valence-electron chi connectivity index (χ0n) is 19.9. The van der Waals surface area contributed by atoms with E-state index in [-0.39, 0.29) is 5.41 Å². The van der Waals surface area contributed by atoms with Gasteiger partial charge in [-0.15, -0.1) is 0 Å². The number of para-hydroxylation sites is 1. The van der Waals surface area contributed by atoms with Gasteiger partial charge in [-0.25, -0.2) is 0 Å². The number of aromatic hydroxyl groups is 1. The van der Waals surface area contributed by atoms with E-state index in [4.69, 9.17) is 12.6 Å². The van der Waals surface area contributed by atoms with E-state index in [1.807, 2.05) is 11.8 Å². The van der Waals surface area contributed by atoms with E-state index in [1.54, 1.807) is 0 Å². The van der Waals surface area contributed by atoms with Crippen molar-refractivity contribution in [2.24, 2.45) is 0 Å². The first-order valence-corrected chi connectivity index (χ1v) is 13.5. The maximum atomic E-state index is 11.2. The Labute approximate surface area is 199 Å². The number of phenolic OH excluding ortho intramolecular Hbond substituents is 1. The topological polar surface area (TPSA) is 20.2 Å². The molecule has 0 heterocycles. The number of thiol groups is 1. The molecule has 3 heteroatoms. The molecule has 1 aliphatic carbocycles. The Hall–Kier alpha value is -1.06. The number of hydrogen-bond donors (Lipinski definition) is 2. The van der Waals surface area contributed by atoms with Crippen molar-refractivity contribution >= 4 is 24.4 Å². The molecule has 2 aromatic rings. The predicted octanol–water partition coefficient (Wildman–Crippen LogP) is 8.73. The van der Waals surface area contributed by atoms with Crippen molar-refractivity contribution in [2.45, 2.75) is 101 Å². The van der Waals surface area contributed by atoms with Gasteiger partial charge in [-0.2, -0.15) is 24.4 Å². The molecular weight excluding hydrogens is 416 g/mol. The van der Waals surface area contributed by atoms with E-state index < -0.39 is 0 Å². The fraction of sp³-hybridized carbons (Fsp3) is 0.571. The summed E-state index contributed by atoms with van der Waals surface area (Å²) in [5.74, 6) is 1.74. The van der Waals surface area contributed by atoms with Crippen LogP contribution in [-0.2, 0) is 11.2 Å². The second-order valence-corrected chi connectivity index (χ2v) is 12.4. The normalized spacial score (nSPS) is 20.5. The Kier molecular flexibility index (Phi) is 8.49. The van der Waals surface area contributed by atoms with Crippen molar-refractivity contribution in [3.8, 4) is 16.9 Å². The molecule has 1 saturated carbocycles. The van der Waals surface area contributed by atoms with Gasteiger partial charge in [0.15, 0.2) is 0 Å². The van der Waals surface area contributed by atoms with E-state index in [0.29, 0.717) is 22.2 Å². The van der Waals surface area contributed by atoms with Crippen LogP contribution in [0.5, 0.6) is 5.75 Å². The van der Waals surface area contributed by atoms with Crippen molar-refractivity contribution in [3.05, 3.63) is 53.1 Å². The first-order chi connectivity index (χ1) is 14.7. The van der Waals surface area contributed by atoms with Crippen LogP contribution in [0.1, 0.15) is 95.8 Å². The summed E-state index contributed by atoms with van der Waals surface area (Å²) >= 11 is 6.89. The summed E-state index contributed by atoms with van der Waals surface area (Å²) in [7, 11) is 0. The summed E-state index contributed by atoms with van der Waals surface area (Å²) in [5, 5.41) is 12.3. The van der Waals surface area contributed by atoms with Crippen LogP contribution in [-0.4, -0.2) is 15.6 Å². The lowest BCUT2D eigenvalue weighted by Crippen LogP contribution is -2.19. The minimum Gasteiger partial charge on any atom is -0.507 e. The molecule has 0 aliphatic heterocycles. The standard InChI is InChI=1S/C28H40OS2/c1-19(2)21-15-22(17-23(16-21)28(3,4)5)24-12-10-11-20(27(24)29)18-31-26-14-9-7-6-8-13-25(26)30/h10-12,15-17,19,25-26,29-30H,6-9,13-14,18H2,1-5H3. The second-order valence-electron chi connectivity index (χ2n) is 10.5. The van der Waals surface area contributed by atoms with Gasteiger partial charge < -0.3 is 5.11 Å². The highest BCUT2D eigenvalue weighted by molar-refractivity contribution is 8.00. The van der Waals surface area contributed by atoms with Crippen molar-refractivity contribution in [1.82, 2.24) is 0 Å². The molecule has 3 rings (SSSR count). The quantitative estimate of drug-likeness (QED) is 0.439. The molecule has 1 nitrogen and oxygen atoms in total. The molecule has 0 saturated heterocycles. The van der Waals surface area contributed by atoms with Crippen LogP contribution in [0.3, 0.4) is 0 Å². The Bertz CT molecular complexity index is 866. The molecule has 2 unspecified atom stereocenters. The molecule has 1 N–H and O–H groups in total. The molecule has 2 aromatic carbocycles. The molecule has 0 radical (unpaired) electrons. The van der Waals surface area contributed by atoms with Crippen molar-refractivity contribution in [3.63, 3.8) is 0 Å².